The van der Waals surface area contributed by atoms with Gasteiger partial charge >= 0.3 is 0 Å². The number of carbonyl (C=O) groups excluding carboxylic acids is 1. The number of ether oxygens (including phenoxy) is 1. The molecule has 0 saturated heterocycles. The molecule has 4 rings (SSSR count). The molecule has 0 radical (unpaired) electrons. The molecule has 4 aromatic rings. The van der Waals surface area contributed by atoms with E-state index in [2.05, 4.69) is 29.2 Å². The summed E-state index contributed by atoms with van der Waals surface area (Å²) < 4.78 is 13.2. The Morgan fingerprint density at radius 3 is 2.66 bits per heavy atom. The second-order valence-electron chi connectivity index (χ2n) is 8.30. The molecule has 0 bridgehead atoms. The minimum absolute atomic E-state index is 0.122. The van der Waals surface area contributed by atoms with Crippen molar-refractivity contribution in [3.63, 3.8) is 0 Å². The molecule has 0 spiro atoms. The predicted molar refractivity (Wildman–Crippen MR) is 137 cm³/mol. The summed E-state index contributed by atoms with van der Waals surface area (Å²) in [5.41, 5.74) is 2.76. The van der Waals surface area contributed by atoms with Gasteiger partial charge in [-0.3, -0.25) is 10.1 Å². The van der Waals surface area contributed by atoms with Gasteiger partial charge < -0.3 is 9.15 Å². The summed E-state index contributed by atoms with van der Waals surface area (Å²) in [5.74, 6) is 1.28. The number of carbonyl (C=O) groups is 1. The van der Waals surface area contributed by atoms with E-state index in [1.807, 2.05) is 25.1 Å². The normalized spacial score (nSPS) is 11.2. The van der Waals surface area contributed by atoms with E-state index in [1.165, 1.54) is 6.33 Å². The van der Waals surface area contributed by atoms with E-state index in [9.17, 15) is 4.79 Å². The van der Waals surface area contributed by atoms with Gasteiger partial charge in [-0.1, -0.05) is 54.7 Å². The summed E-state index contributed by atoms with van der Waals surface area (Å²) in [6.45, 7) is 6.62. The van der Waals surface area contributed by atoms with E-state index in [1.54, 1.807) is 28.9 Å². The number of amides is 1. The molecule has 2 heterocycles. The Bertz CT molecular complexity index is 1360. The van der Waals surface area contributed by atoms with Gasteiger partial charge in [0.1, 0.15) is 24.4 Å². The van der Waals surface area contributed by atoms with Crippen molar-refractivity contribution in [3.05, 3.63) is 92.1 Å². The Kier molecular flexibility index (Phi) is 7.69. The molecule has 7 nitrogen and oxygen atoms in total. The monoisotopic (exact) mass is 532 g/mol. The Morgan fingerprint density at radius 1 is 1.11 bits per heavy atom. The molecule has 1 amide bonds. The van der Waals surface area contributed by atoms with Crippen LogP contribution in [0.3, 0.4) is 0 Å². The first-order valence-electron chi connectivity index (χ1n) is 10.9. The van der Waals surface area contributed by atoms with Crippen molar-refractivity contribution in [2.75, 3.05) is 5.32 Å². The number of nitrogens with zero attached hydrogens (tertiary/aromatic N) is 3. The van der Waals surface area contributed by atoms with E-state index < -0.39 is 5.91 Å². The predicted octanol–water partition coefficient (Wildman–Crippen LogP) is 7.14. The highest BCUT2D eigenvalue weighted by atomic mass is 35.5. The summed E-state index contributed by atoms with van der Waals surface area (Å²) >= 11 is 18.4. The summed E-state index contributed by atoms with van der Waals surface area (Å²) in [6, 6.07) is 12.3. The lowest BCUT2D eigenvalue weighted by Gasteiger charge is -2.15. The van der Waals surface area contributed by atoms with Crippen LogP contribution in [0, 0.1) is 6.92 Å². The lowest BCUT2D eigenvalue weighted by Crippen LogP contribution is -2.12. The minimum Gasteiger partial charge on any atom is -0.485 e. The molecule has 35 heavy (non-hydrogen) atoms. The first kappa shape index (κ1) is 25.1. The Morgan fingerprint density at radius 2 is 1.91 bits per heavy atom. The second-order valence-corrected chi connectivity index (χ2v) is 9.56. The minimum atomic E-state index is -0.469. The fraction of sp³-hybridized carbons (Fsp3) is 0.240. The molecule has 10 heteroatoms. The number of anilines is 1. The average Bonchev–Trinajstić information content (AvgIpc) is 3.45. The molecule has 2 aromatic carbocycles. The third-order valence-electron chi connectivity index (χ3n) is 5.28. The van der Waals surface area contributed by atoms with E-state index in [0.717, 1.165) is 22.4 Å². The van der Waals surface area contributed by atoms with Crippen molar-refractivity contribution in [1.29, 1.82) is 0 Å². The number of aryl methyl sites for hydroxylation is 1. The molecule has 0 aliphatic rings. The first-order valence-corrected chi connectivity index (χ1v) is 12.0. The number of furan rings is 1. The molecule has 0 aliphatic heterocycles. The van der Waals surface area contributed by atoms with Gasteiger partial charge in [0, 0.05) is 15.1 Å². The van der Waals surface area contributed by atoms with Crippen molar-refractivity contribution < 1.29 is 13.9 Å². The van der Waals surface area contributed by atoms with Gasteiger partial charge in [-0.25, -0.2) is 9.67 Å². The van der Waals surface area contributed by atoms with Crippen LogP contribution in [0.4, 0.5) is 5.95 Å². The number of rotatable bonds is 8. The molecule has 0 unspecified atom stereocenters. The van der Waals surface area contributed by atoms with Crippen molar-refractivity contribution in [2.45, 2.75) is 39.8 Å². The lowest BCUT2D eigenvalue weighted by atomic mass is 10.0. The quantitative estimate of drug-likeness (QED) is 0.260. The SMILES string of the molecule is Cc1cc(OCc2ccc(C(=O)Nc3ncn(Cc4ccc(Cl)cc4Cl)n3)o2)c(C(C)C)cc1Cl. The van der Waals surface area contributed by atoms with Crippen LogP contribution in [0.2, 0.25) is 15.1 Å². The maximum atomic E-state index is 12.6. The van der Waals surface area contributed by atoms with Crippen molar-refractivity contribution >= 4 is 46.7 Å². The fourth-order valence-corrected chi connectivity index (χ4v) is 4.03. The first-order chi connectivity index (χ1) is 16.7. The van der Waals surface area contributed by atoms with Gasteiger partial charge in [0.2, 0.25) is 5.95 Å². The molecular weight excluding hydrogens is 511 g/mol. The van der Waals surface area contributed by atoms with Crippen LogP contribution >= 0.6 is 34.8 Å². The highest BCUT2D eigenvalue weighted by Gasteiger charge is 2.16. The fourth-order valence-electron chi connectivity index (χ4n) is 3.39. The van der Waals surface area contributed by atoms with Crippen LogP contribution in [0.5, 0.6) is 5.75 Å². The highest BCUT2D eigenvalue weighted by molar-refractivity contribution is 6.35. The van der Waals surface area contributed by atoms with E-state index in [4.69, 9.17) is 44.0 Å². The third-order valence-corrected chi connectivity index (χ3v) is 6.27. The van der Waals surface area contributed by atoms with Crippen LogP contribution < -0.4 is 10.1 Å². The number of nitrogens with one attached hydrogen (secondary N) is 1. The van der Waals surface area contributed by atoms with E-state index >= 15 is 0 Å². The van der Waals surface area contributed by atoms with Gasteiger partial charge in [-0.2, -0.15) is 0 Å². The molecule has 0 saturated carbocycles. The molecule has 0 fully saturated rings. The van der Waals surface area contributed by atoms with Gasteiger partial charge in [-0.05, 0) is 65.9 Å². The zero-order valence-corrected chi connectivity index (χ0v) is 21.6. The second kappa shape index (κ2) is 10.7. The van der Waals surface area contributed by atoms with Gasteiger partial charge in [-0.15, -0.1) is 5.10 Å². The van der Waals surface area contributed by atoms with E-state index in [0.29, 0.717) is 27.4 Å². The number of aromatic nitrogens is 3. The van der Waals surface area contributed by atoms with Crippen molar-refractivity contribution in [3.8, 4) is 5.75 Å². The van der Waals surface area contributed by atoms with Gasteiger partial charge in [0.05, 0.1) is 6.54 Å². The zero-order valence-electron chi connectivity index (χ0n) is 19.3. The van der Waals surface area contributed by atoms with Crippen LogP contribution in [0.25, 0.3) is 0 Å². The zero-order chi connectivity index (χ0) is 25.1. The molecule has 1 N–H and O–H groups in total. The molecule has 182 valence electrons. The Hall–Kier alpha value is -3.00. The summed E-state index contributed by atoms with van der Waals surface area (Å²) in [7, 11) is 0. The highest BCUT2D eigenvalue weighted by Crippen LogP contribution is 2.32. The largest absolute Gasteiger partial charge is 0.485 e. The third kappa shape index (κ3) is 6.17. The smallest absolute Gasteiger partial charge is 0.293 e. The topological polar surface area (TPSA) is 82.2 Å². The summed E-state index contributed by atoms with van der Waals surface area (Å²) in [6.07, 6.45) is 1.50. The van der Waals surface area contributed by atoms with Crippen LogP contribution in [-0.4, -0.2) is 20.7 Å². The standard InChI is InChI=1S/C25H23Cl3N4O3/c1-14(2)19-10-20(27)15(3)8-23(19)34-12-18-6-7-22(35-18)24(33)30-25-29-13-32(31-25)11-16-4-5-17(26)9-21(16)28/h4-10,13-14H,11-12H2,1-3H3,(H,30,31,33). The Balaban J connectivity index is 1.37. The van der Waals surface area contributed by atoms with Gasteiger partial charge in [0.25, 0.3) is 5.91 Å². The molecular formula is C25H23Cl3N4O3. The van der Waals surface area contributed by atoms with Crippen LogP contribution in [0.15, 0.2) is 53.2 Å². The Labute approximate surface area is 218 Å². The number of hydrogen-bond donors (Lipinski definition) is 1. The van der Waals surface area contributed by atoms with Crippen LogP contribution in [-0.2, 0) is 13.2 Å². The molecule has 2 aromatic heterocycles. The summed E-state index contributed by atoms with van der Waals surface area (Å²) in [5, 5.41) is 8.67. The molecule has 0 aliphatic carbocycles. The molecule has 0 atom stereocenters. The number of halogens is 3. The van der Waals surface area contributed by atoms with Crippen molar-refractivity contribution in [1.82, 2.24) is 14.8 Å². The average molecular weight is 534 g/mol. The van der Waals surface area contributed by atoms with Crippen LogP contribution in [0.1, 0.15) is 52.8 Å². The van der Waals surface area contributed by atoms with Crippen molar-refractivity contribution in [2.24, 2.45) is 0 Å². The summed E-state index contributed by atoms with van der Waals surface area (Å²) in [4.78, 5) is 16.7. The lowest BCUT2D eigenvalue weighted by molar-refractivity contribution is 0.0991. The maximum Gasteiger partial charge on any atom is 0.293 e. The van der Waals surface area contributed by atoms with Gasteiger partial charge in [0.15, 0.2) is 5.76 Å². The number of hydrogen-bond acceptors (Lipinski definition) is 5. The maximum absolute atomic E-state index is 12.6. The number of benzene rings is 2. The van der Waals surface area contributed by atoms with E-state index in [-0.39, 0.29) is 24.2 Å².